The van der Waals surface area contributed by atoms with Gasteiger partial charge < -0.3 is 11.1 Å². The molecule has 0 saturated carbocycles. The molecule has 1 aromatic heterocycles. The molecule has 2 rings (SSSR count). The molecule has 0 radical (unpaired) electrons. The summed E-state index contributed by atoms with van der Waals surface area (Å²) in [7, 11) is 0. The van der Waals surface area contributed by atoms with E-state index in [1.54, 1.807) is 11.3 Å². The van der Waals surface area contributed by atoms with Gasteiger partial charge in [-0.3, -0.25) is 0 Å². The van der Waals surface area contributed by atoms with Gasteiger partial charge in [-0.05, 0) is 25.3 Å². The molecule has 3 N–H and O–H groups in total. The van der Waals surface area contributed by atoms with Gasteiger partial charge in [-0.2, -0.15) is 0 Å². The summed E-state index contributed by atoms with van der Waals surface area (Å²) in [6.07, 6.45) is 2.09. The van der Waals surface area contributed by atoms with E-state index in [-0.39, 0.29) is 11.0 Å². The van der Waals surface area contributed by atoms with Crippen LogP contribution in [0.5, 0.6) is 0 Å². The van der Waals surface area contributed by atoms with Crippen LogP contribution in [0.3, 0.4) is 0 Å². The maximum atomic E-state index is 6.70. The summed E-state index contributed by atoms with van der Waals surface area (Å²) in [5.41, 5.74) is 7.75. The molecule has 0 aromatic carbocycles. The van der Waals surface area contributed by atoms with E-state index in [0.29, 0.717) is 5.92 Å². The van der Waals surface area contributed by atoms with Crippen LogP contribution in [-0.2, 0) is 11.0 Å². The topological polar surface area (TPSA) is 50.9 Å². The van der Waals surface area contributed by atoms with Gasteiger partial charge in [0.05, 0.1) is 11.2 Å². The lowest BCUT2D eigenvalue weighted by Gasteiger charge is -2.39. The van der Waals surface area contributed by atoms with Crippen molar-refractivity contribution in [2.45, 2.75) is 51.5 Å². The van der Waals surface area contributed by atoms with Crippen molar-refractivity contribution in [3.8, 4) is 0 Å². The second kappa shape index (κ2) is 4.91. The van der Waals surface area contributed by atoms with Gasteiger partial charge in [-0.25, -0.2) is 4.98 Å². The molecule has 0 bridgehead atoms. The highest BCUT2D eigenvalue weighted by Crippen LogP contribution is 2.37. The van der Waals surface area contributed by atoms with Crippen molar-refractivity contribution in [3.63, 3.8) is 0 Å². The molecule has 1 saturated heterocycles. The molecule has 2 atom stereocenters. The number of hydrogen-bond acceptors (Lipinski definition) is 4. The summed E-state index contributed by atoms with van der Waals surface area (Å²) < 4.78 is 0. The van der Waals surface area contributed by atoms with Crippen molar-refractivity contribution in [2.24, 2.45) is 11.7 Å². The fourth-order valence-electron chi connectivity index (χ4n) is 2.58. The monoisotopic (exact) mass is 267 g/mol. The number of aromatic nitrogens is 1. The molecular weight excluding hydrogens is 242 g/mol. The molecule has 1 aliphatic heterocycles. The first-order valence-corrected chi connectivity index (χ1v) is 7.72. The molecule has 0 aliphatic carbocycles. The Morgan fingerprint density at radius 3 is 2.83 bits per heavy atom. The Morgan fingerprint density at radius 1 is 1.56 bits per heavy atom. The molecule has 0 spiro atoms. The van der Waals surface area contributed by atoms with E-state index < -0.39 is 0 Å². The van der Waals surface area contributed by atoms with Gasteiger partial charge >= 0.3 is 0 Å². The van der Waals surface area contributed by atoms with E-state index in [1.165, 1.54) is 5.69 Å². The summed E-state index contributed by atoms with van der Waals surface area (Å²) in [5.74, 6) is 0.491. The Hall–Kier alpha value is -0.450. The first-order valence-electron chi connectivity index (χ1n) is 6.84. The third-order valence-corrected chi connectivity index (χ3v) is 5.03. The summed E-state index contributed by atoms with van der Waals surface area (Å²) >= 11 is 1.74. The number of piperidine rings is 1. The molecule has 4 heteroatoms. The fraction of sp³-hybridized carbons (Fsp3) is 0.786. The Kier molecular flexibility index (Phi) is 3.81. The van der Waals surface area contributed by atoms with Crippen LogP contribution in [-0.4, -0.2) is 18.1 Å². The van der Waals surface area contributed by atoms with Crippen LogP contribution >= 0.6 is 11.3 Å². The second-order valence-corrected chi connectivity index (χ2v) is 7.25. The normalized spacial score (nSPS) is 29.5. The zero-order valence-corrected chi connectivity index (χ0v) is 12.7. The van der Waals surface area contributed by atoms with E-state index in [4.69, 9.17) is 10.7 Å². The highest BCUT2D eigenvalue weighted by molar-refractivity contribution is 7.09. The van der Waals surface area contributed by atoms with Gasteiger partial charge in [0, 0.05) is 17.3 Å². The Bertz CT molecular complexity index is 407. The van der Waals surface area contributed by atoms with Gasteiger partial charge in [0.1, 0.15) is 5.01 Å². The molecule has 1 fully saturated rings. The Morgan fingerprint density at radius 2 is 2.28 bits per heavy atom. The standard InChI is InChI=1S/C14H25N3S/c1-5-10-8-16-7-6-14(10,15)12-17-11(9-18-12)13(2,3)4/h9-10,16H,5-8,15H2,1-4H3. The molecule has 1 aliphatic rings. The van der Waals surface area contributed by atoms with Crippen LogP contribution in [0.15, 0.2) is 5.38 Å². The number of rotatable bonds is 2. The van der Waals surface area contributed by atoms with Gasteiger partial charge in [0.15, 0.2) is 0 Å². The van der Waals surface area contributed by atoms with E-state index in [0.717, 1.165) is 30.9 Å². The summed E-state index contributed by atoms with van der Waals surface area (Å²) in [6.45, 7) is 10.8. The van der Waals surface area contributed by atoms with Gasteiger partial charge in [-0.15, -0.1) is 11.3 Å². The maximum absolute atomic E-state index is 6.70. The average molecular weight is 267 g/mol. The number of thiazole rings is 1. The lowest BCUT2D eigenvalue weighted by atomic mass is 9.78. The number of nitrogens with one attached hydrogen (secondary N) is 1. The van der Waals surface area contributed by atoms with Crippen LogP contribution in [0.1, 0.15) is 51.2 Å². The van der Waals surface area contributed by atoms with Crippen LogP contribution in [0, 0.1) is 5.92 Å². The molecule has 0 amide bonds. The number of nitrogens with zero attached hydrogens (tertiary/aromatic N) is 1. The van der Waals surface area contributed by atoms with Crippen LogP contribution < -0.4 is 11.1 Å². The number of nitrogens with two attached hydrogens (primary N) is 1. The third-order valence-electron chi connectivity index (χ3n) is 4.00. The lowest BCUT2D eigenvalue weighted by Crippen LogP contribution is -2.53. The fourth-order valence-corrected chi connectivity index (χ4v) is 3.85. The van der Waals surface area contributed by atoms with Crippen molar-refractivity contribution in [3.05, 3.63) is 16.1 Å². The van der Waals surface area contributed by atoms with Crippen molar-refractivity contribution in [2.75, 3.05) is 13.1 Å². The van der Waals surface area contributed by atoms with Gasteiger partial charge in [0.25, 0.3) is 0 Å². The molecule has 3 nitrogen and oxygen atoms in total. The van der Waals surface area contributed by atoms with Gasteiger partial charge in [-0.1, -0.05) is 27.7 Å². The number of hydrogen-bond donors (Lipinski definition) is 2. The highest BCUT2D eigenvalue weighted by Gasteiger charge is 2.40. The highest BCUT2D eigenvalue weighted by atomic mass is 32.1. The zero-order valence-electron chi connectivity index (χ0n) is 11.9. The predicted molar refractivity (Wildman–Crippen MR) is 77.9 cm³/mol. The predicted octanol–water partition coefficient (Wildman–Crippen LogP) is 2.61. The molecule has 2 unspecified atom stereocenters. The lowest BCUT2D eigenvalue weighted by molar-refractivity contribution is 0.199. The van der Waals surface area contributed by atoms with Crippen LogP contribution in [0.4, 0.5) is 0 Å². The Balaban J connectivity index is 2.31. The SMILES string of the molecule is CCC1CNCCC1(N)c1nc(C(C)(C)C)cs1. The summed E-state index contributed by atoms with van der Waals surface area (Å²) in [6, 6.07) is 0. The minimum Gasteiger partial charge on any atom is -0.319 e. The van der Waals surface area contributed by atoms with E-state index >= 15 is 0 Å². The quantitative estimate of drug-likeness (QED) is 0.866. The third kappa shape index (κ3) is 2.46. The van der Waals surface area contributed by atoms with Crippen molar-refractivity contribution in [1.29, 1.82) is 0 Å². The van der Waals surface area contributed by atoms with Crippen molar-refractivity contribution in [1.82, 2.24) is 10.3 Å². The van der Waals surface area contributed by atoms with Gasteiger partial charge in [0.2, 0.25) is 0 Å². The van der Waals surface area contributed by atoms with Crippen LogP contribution in [0.2, 0.25) is 0 Å². The smallest absolute Gasteiger partial charge is 0.113 e. The second-order valence-electron chi connectivity index (χ2n) is 6.39. The molecule has 1 aromatic rings. The van der Waals surface area contributed by atoms with E-state index in [2.05, 4.69) is 38.4 Å². The molecule has 102 valence electrons. The molecule has 18 heavy (non-hydrogen) atoms. The average Bonchev–Trinajstić information content (AvgIpc) is 2.79. The minimum absolute atomic E-state index is 0.111. The molecular formula is C14H25N3S. The summed E-state index contributed by atoms with van der Waals surface area (Å²) in [5, 5.41) is 6.75. The molecule has 2 heterocycles. The minimum atomic E-state index is -0.228. The largest absolute Gasteiger partial charge is 0.319 e. The van der Waals surface area contributed by atoms with E-state index in [9.17, 15) is 0 Å². The maximum Gasteiger partial charge on any atom is 0.113 e. The Labute approximate surface area is 114 Å². The van der Waals surface area contributed by atoms with Crippen molar-refractivity contribution < 1.29 is 0 Å². The first-order chi connectivity index (χ1) is 8.38. The summed E-state index contributed by atoms with van der Waals surface area (Å²) in [4.78, 5) is 4.84. The first kappa shape index (κ1) is 14.0. The van der Waals surface area contributed by atoms with Crippen LogP contribution in [0.25, 0.3) is 0 Å². The van der Waals surface area contributed by atoms with Crippen molar-refractivity contribution >= 4 is 11.3 Å². The zero-order chi connectivity index (χ0) is 13.4. The van der Waals surface area contributed by atoms with E-state index in [1.807, 2.05) is 0 Å².